The van der Waals surface area contributed by atoms with Crippen molar-refractivity contribution in [3.8, 4) is 5.75 Å². The standard InChI is InChI=1S/C16H13Cl2IN2O2/c1-10(11-2-5-13(19)6-3-11)20-21-16(22)9-23-15-7-4-12(17)8-14(15)18/h2-8H,9H2,1H3,(H,21,22)/b20-10-. The van der Waals surface area contributed by atoms with Gasteiger partial charge in [0.1, 0.15) is 5.75 Å². The zero-order valence-electron chi connectivity index (χ0n) is 12.1. The SMILES string of the molecule is C/C(=N/NC(=O)COc1ccc(Cl)cc1Cl)c1ccc(I)cc1. The number of hydrogen-bond acceptors (Lipinski definition) is 3. The molecule has 0 saturated heterocycles. The molecule has 0 aliphatic heterocycles. The Labute approximate surface area is 158 Å². The van der Waals surface area contributed by atoms with Crippen LogP contribution in [0, 0.1) is 3.57 Å². The number of carbonyl (C=O) groups excluding carboxylic acids is 1. The van der Waals surface area contributed by atoms with E-state index >= 15 is 0 Å². The summed E-state index contributed by atoms with van der Waals surface area (Å²) in [5, 5.41) is 4.91. The second-order valence-electron chi connectivity index (χ2n) is 4.60. The molecule has 0 fully saturated rings. The smallest absolute Gasteiger partial charge is 0.277 e. The molecule has 0 aliphatic rings. The second kappa shape index (κ2) is 8.52. The van der Waals surface area contributed by atoms with Crippen LogP contribution in [0.3, 0.4) is 0 Å². The first-order valence-corrected chi connectivity index (χ1v) is 8.46. The minimum absolute atomic E-state index is 0.190. The second-order valence-corrected chi connectivity index (χ2v) is 6.69. The van der Waals surface area contributed by atoms with E-state index in [9.17, 15) is 4.79 Å². The summed E-state index contributed by atoms with van der Waals surface area (Å²) in [6.45, 7) is 1.63. The molecule has 0 aliphatic carbocycles. The van der Waals surface area contributed by atoms with E-state index in [0.29, 0.717) is 21.5 Å². The number of rotatable bonds is 5. The first-order valence-electron chi connectivity index (χ1n) is 6.62. The maximum absolute atomic E-state index is 11.8. The Bertz CT molecular complexity index is 733. The molecule has 4 nitrogen and oxygen atoms in total. The number of ether oxygens (including phenoxy) is 1. The summed E-state index contributed by atoms with van der Waals surface area (Å²) in [6, 6.07) is 12.6. The number of halogens is 3. The van der Waals surface area contributed by atoms with Crippen LogP contribution >= 0.6 is 45.8 Å². The van der Waals surface area contributed by atoms with E-state index in [2.05, 4.69) is 33.1 Å². The van der Waals surface area contributed by atoms with Gasteiger partial charge >= 0.3 is 0 Å². The van der Waals surface area contributed by atoms with Crippen molar-refractivity contribution in [2.45, 2.75) is 6.92 Å². The molecule has 7 heteroatoms. The molecule has 2 aromatic rings. The minimum Gasteiger partial charge on any atom is -0.482 e. The monoisotopic (exact) mass is 462 g/mol. The number of amides is 1. The van der Waals surface area contributed by atoms with Crippen molar-refractivity contribution in [3.63, 3.8) is 0 Å². The molecule has 0 radical (unpaired) electrons. The molecule has 0 aromatic heterocycles. The Balaban J connectivity index is 1.89. The highest BCUT2D eigenvalue weighted by molar-refractivity contribution is 14.1. The number of nitrogens with zero attached hydrogens (tertiary/aromatic N) is 1. The molecule has 120 valence electrons. The Morgan fingerprint density at radius 3 is 2.57 bits per heavy atom. The van der Waals surface area contributed by atoms with Gasteiger partial charge in [-0.3, -0.25) is 4.79 Å². The van der Waals surface area contributed by atoms with Crippen LogP contribution in [0.1, 0.15) is 12.5 Å². The van der Waals surface area contributed by atoms with Gasteiger partial charge in [0.15, 0.2) is 6.61 Å². The fourth-order valence-electron chi connectivity index (χ4n) is 1.67. The van der Waals surface area contributed by atoms with E-state index in [-0.39, 0.29) is 12.5 Å². The van der Waals surface area contributed by atoms with Crippen LogP contribution in [0.5, 0.6) is 5.75 Å². The minimum atomic E-state index is -0.374. The number of hydrogen-bond donors (Lipinski definition) is 1. The molecule has 2 aromatic carbocycles. The molecule has 0 heterocycles. The topological polar surface area (TPSA) is 50.7 Å². The predicted octanol–water partition coefficient (Wildman–Crippen LogP) is 4.52. The van der Waals surface area contributed by atoms with Gasteiger partial charge in [0.25, 0.3) is 5.91 Å². The van der Waals surface area contributed by atoms with E-state index in [1.165, 1.54) is 0 Å². The van der Waals surface area contributed by atoms with Crippen LogP contribution < -0.4 is 10.2 Å². The summed E-state index contributed by atoms with van der Waals surface area (Å²) >= 11 is 14.0. The summed E-state index contributed by atoms with van der Waals surface area (Å²) in [7, 11) is 0. The summed E-state index contributed by atoms with van der Waals surface area (Å²) in [5.74, 6) is 0.0189. The molecular formula is C16H13Cl2IN2O2. The quantitative estimate of drug-likeness (QED) is 0.403. The fraction of sp³-hybridized carbons (Fsp3) is 0.125. The number of hydrazone groups is 1. The van der Waals surface area contributed by atoms with E-state index in [4.69, 9.17) is 27.9 Å². The number of benzene rings is 2. The van der Waals surface area contributed by atoms with Crippen molar-refractivity contribution in [3.05, 3.63) is 61.6 Å². The van der Waals surface area contributed by atoms with E-state index in [0.717, 1.165) is 9.13 Å². The molecule has 0 bridgehead atoms. The fourth-order valence-corrected chi connectivity index (χ4v) is 2.49. The molecule has 0 atom stereocenters. The van der Waals surface area contributed by atoms with Gasteiger partial charge in [0, 0.05) is 8.59 Å². The van der Waals surface area contributed by atoms with Gasteiger partial charge in [-0.15, -0.1) is 0 Å². The first-order chi connectivity index (χ1) is 11.0. The van der Waals surface area contributed by atoms with Gasteiger partial charge in [-0.05, 0) is 65.4 Å². The van der Waals surface area contributed by atoms with Gasteiger partial charge < -0.3 is 4.74 Å². The normalized spacial score (nSPS) is 11.2. The van der Waals surface area contributed by atoms with Crippen LogP contribution in [0.2, 0.25) is 10.0 Å². The lowest BCUT2D eigenvalue weighted by atomic mass is 10.1. The third-order valence-electron chi connectivity index (χ3n) is 2.86. The van der Waals surface area contributed by atoms with E-state index < -0.39 is 0 Å². The number of nitrogens with one attached hydrogen (secondary N) is 1. The molecule has 0 spiro atoms. The van der Waals surface area contributed by atoms with Gasteiger partial charge in [-0.1, -0.05) is 35.3 Å². The maximum Gasteiger partial charge on any atom is 0.277 e. The van der Waals surface area contributed by atoms with Crippen molar-refractivity contribution in [2.24, 2.45) is 5.10 Å². The summed E-state index contributed by atoms with van der Waals surface area (Å²) in [5.41, 5.74) is 4.09. The van der Waals surface area contributed by atoms with Gasteiger partial charge in [0.2, 0.25) is 0 Å². The largest absolute Gasteiger partial charge is 0.482 e. The predicted molar refractivity (Wildman–Crippen MR) is 101 cm³/mol. The van der Waals surface area contributed by atoms with Crippen molar-refractivity contribution in [1.29, 1.82) is 0 Å². The van der Waals surface area contributed by atoms with Crippen LogP contribution in [-0.4, -0.2) is 18.2 Å². The Kier molecular flexibility index (Phi) is 6.68. The zero-order valence-corrected chi connectivity index (χ0v) is 15.8. The average molecular weight is 463 g/mol. The van der Waals surface area contributed by atoms with Gasteiger partial charge in [0.05, 0.1) is 10.7 Å². The van der Waals surface area contributed by atoms with Crippen LogP contribution in [0.25, 0.3) is 0 Å². The highest BCUT2D eigenvalue weighted by Gasteiger charge is 2.06. The summed E-state index contributed by atoms with van der Waals surface area (Å²) < 4.78 is 6.47. The Morgan fingerprint density at radius 1 is 1.22 bits per heavy atom. The maximum atomic E-state index is 11.8. The molecule has 1 N–H and O–H groups in total. The molecular weight excluding hydrogens is 450 g/mol. The van der Waals surface area contributed by atoms with Crippen molar-refractivity contribution in [2.75, 3.05) is 6.61 Å². The lowest BCUT2D eigenvalue weighted by Crippen LogP contribution is -2.25. The lowest BCUT2D eigenvalue weighted by molar-refractivity contribution is -0.123. The van der Waals surface area contributed by atoms with Crippen molar-refractivity contribution < 1.29 is 9.53 Å². The molecule has 2 rings (SSSR count). The Hall–Kier alpha value is -1.31. The molecule has 23 heavy (non-hydrogen) atoms. The van der Waals surface area contributed by atoms with Gasteiger partial charge in [-0.25, -0.2) is 5.43 Å². The van der Waals surface area contributed by atoms with Crippen molar-refractivity contribution in [1.82, 2.24) is 5.43 Å². The lowest BCUT2D eigenvalue weighted by Gasteiger charge is -2.07. The third-order valence-corrected chi connectivity index (χ3v) is 4.11. The van der Waals surface area contributed by atoms with E-state index in [1.54, 1.807) is 18.2 Å². The Morgan fingerprint density at radius 2 is 1.91 bits per heavy atom. The third kappa shape index (κ3) is 5.67. The summed E-state index contributed by atoms with van der Waals surface area (Å²) in [4.78, 5) is 11.8. The van der Waals surface area contributed by atoms with Crippen LogP contribution in [-0.2, 0) is 4.79 Å². The molecule has 0 unspecified atom stereocenters. The molecule has 1 amide bonds. The average Bonchev–Trinajstić information content (AvgIpc) is 2.52. The van der Waals surface area contributed by atoms with Crippen LogP contribution in [0.15, 0.2) is 47.6 Å². The molecule has 0 saturated carbocycles. The number of carbonyl (C=O) groups is 1. The highest BCUT2D eigenvalue weighted by atomic mass is 127. The summed E-state index contributed by atoms with van der Waals surface area (Å²) in [6.07, 6.45) is 0. The van der Waals surface area contributed by atoms with Gasteiger partial charge in [-0.2, -0.15) is 5.10 Å². The van der Waals surface area contributed by atoms with Crippen LogP contribution in [0.4, 0.5) is 0 Å². The first kappa shape index (κ1) is 18.0. The zero-order chi connectivity index (χ0) is 16.8. The highest BCUT2D eigenvalue weighted by Crippen LogP contribution is 2.27. The van der Waals surface area contributed by atoms with E-state index in [1.807, 2.05) is 31.2 Å². The van der Waals surface area contributed by atoms with Crippen molar-refractivity contribution >= 4 is 57.4 Å².